The van der Waals surface area contributed by atoms with Crippen molar-refractivity contribution in [2.24, 2.45) is 0 Å². The number of carbonyl (C=O) groups is 1. The van der Waals surface area contributed by atoms with Gasteiger partial charge in [-0.25, -0.2) is 0 Å². The van der Waals surface area contributed by atoms with Crippen molar-refractivity contribution in [2.75, 3.05) is 19.0 Å². The number of fused-ring (bicyclic) bond motifs is 1. The Morgan fingerprint density at radius 3 is 2.88 bits per heavy atom. The molecule has 1 amide bonds. The van der Waals surface area contributed by atoms with Crippen molar-refractivity contribution in [2.45, 2.75) is 32.6 Å². The molecule has 0 unspecified atom stereocenters. The molecule has 1 heterocycles. The van der Waals surface area contributed by atoms with E-state index in [2.05, 4.69) is 10.3 Å². The molecule has 1 aromatic carbocycles. The zero-order chi connectivity index (χ0) is 16.9. The first kappa shape index (κ1) is 16.3. The average molecular weight is 326 g/mol. The van der Waals surface area contributed by atoms with Gasteiger partial charge < -0.3 is 14.8 Å². The predicted molar refractivity (Wildman–Crippen MR) is 92.7 cm³/mol. The fourth-order valence-corrected chi connectivity index (χ4v) is 2.98. The summed E-state index contributed by atoms with van der Waals surface area (Å²) in [7, 11) is 1.58. The standard InChI is InChI=1S/C19H22N2O3/c1-13-7-8-18(23-2)16(11-13)21-19(22)12-24-17-9-10-20-15-6-4-3-5-14(15)17/h7-11H,3-6,12H2,1-2H3,(H,21,22). The first-order valence-electron chi connectivity index (χ1n) is 8.21. The summed E-state index contributed by atoms with van der Waals surface area (Å²) in [5.41, 5.74) is 3.95. The van der Waals surface area contributed by atoms with Crippen LogP contribution in [0.4, 0.5) is 5.69 Å². The summed E-state index contributed by atoms with van der Waals surface area (Å²) in [6, 6.07) is 7.50. The first-order valence-corrected chi connectivity index (χ1v) is 8.21. The highest BCUT2D eigenvalue weighted by atomic mass is 16.5. The van der Waals surface area contributed by atoms with Crippen LogP contribution in [0, 0.1) is 6.92 Å². The molecule has 0 spiro atoms. The molecule has 1 aliphatic carbocycles. The Balaban J connectivity index is 1.65. The lowest BCUT2D eigenvalue weighted by Crippen LogP contribution is -2.21. The van der Waals surface area contributed by atoms with E-state index >= 15 is 0 Å². The van der Waals surface area contributed by atoms with Gasteiger partial charge in [0.2, 0.25) is 0 Å². The Kier molecular flexibility index (Phi) is 4.99. The average Bonchev–Trinajstić information content (AvgIpc) is 2.60. The van der Waals surface area contributed by atoms with E-state index in [0.29, 0.717) is 11.4 Å². The van der Waals surface area contributed by atoms with Crippen LogP contribution in [-0.2, 0) is 17.6 Å². The molecule has 3 rings (SSSR count). The molecule has 1 N–H and O–H groups in total. The summed E-state index contributed by atoms with van der Waals surface area (Å²) in [6.07, 6.45) is 6.00. The third kappa shape index (κ3) is 3.67. The quantitative estimate of drug-likeness (QED) is 0.916. The Labute approximate surface area is 142 Å². The van der Waals surface area contributed by atoms with Gasteiger partial charge in [-0.05, 0) is 56.4 Å². The number of carbonyl (C=O) groups excluding carboxylic acids is 1. The van der Waals surface area contributed by atoms with Crippen LogP contribution in [0.25, 0.3) is 0 Å². The van der Waals surface area contributed by atoms with E-state index in [-0.39, 0.29) is 12.5 Å². The number of rotatable bonds is 5. The molecule has 0 radical (unpaired) electrons. The van der Waals surface area contributed by atoms with Crippen molar-refractivity contribution in [3.8, 4) is 11.5 Å². The molecule has 1 aromatic heterocycles. The van der Waals surface area contributed by atoms with Gasteiger partial charge in [-0.15, -0.1) is 0 Å². The van der Waals surface area contributed by atoms with Crippen LogP contribution >= 0.6 is 0 Å². The number of amides is 1. The van der Waals surface area contributed by atoms with Crippen LogP contribution in [0.2, 0.25) is 0 Å². The number of anilines is 1. The number of hydrogen-bond acceptors (Lipinski definition) is 4. The van der Waals surface area contributed by atoms with Crippen LogP contribution in [0.3, 0.4) is 0 Å². The van der Waals surface area contributed by atoms with Crippen LogP contribution < -0.4 is 14.8 Å². The minimum atomic E-state index is -0.208. The van der Waals surface area contributed by atoms with Crippen molar-refractivity contribution < 1.29 is 14.3 Å². The number of nitrogens with zero attached hydrogens (tertiary/aromatic N) is 1. The Bertz CT molecular complexity index is 743. The molecule has 24 heavy (non-hydrogen) atoms. The van der Waals surface area contributed by atoms with Gasteiger partial charge in [0, 0.05) is 17.5 Å². The SMILES string of the molecule is COc1ccc(C)cc1NC(=O)COc1ccnc2c1CCCC2. The maximum Gasteiger partial charge on any atom is 0.262 e. The molecule has 126 valence electrons. The highest BCUT2D eigenvalue weighted by Crippen LogP contribution is 2.28. The second-order valence-corrected chi connectivity index (χ2v) is 5.98. The first-order chi connectivity index (χ1) is 11.7. The molecule has 0 saturated carbocycles. The van der Waals surface area contributed by atoms with Crippen molar-refractivity contribution >= 4 is 11.6 Å². The van der Waals surface area contributed by atoms with Crippen molar-refractivity contribution in [3.05, 3.63) is 47.3 Å². The Hall–Kier alpha value is -2.56. The van der Waals surface area contributed by atoms with Gasteiger partial charge in [-0.1, -0.05) is 6.07 Å². The van der Waals surface area contributed by atoms with Gasteiger partial charge >= 0.3 is 0 Å². The van der Waals surface area contributed by atoms with Crippen molar-refractivity contribution in [1.29, 1.82) is 0 Å². The number of methoxy groups -OCH3 is 1. The maximum absolute atomic E-state index is 12.2. The van der Waals surface area contributed by atoms with E-state index in [1.807, 2.05) is 31.2 Å². The second-order valence-electron chi connectivity index (χ2n) is 5.98. The minimum Gasteiger partial charge on any atom is -0.495 e. The largest absolute Gasteiger partial charge is 0.495 e. The third-order valence-electron chi connectivity index (χ3n) is 4.18. The van der Waals surface area contributed by atoms with Gasteiger partial charge in [0.1, 0.15) is 11.5 Å². The van der Waals surface area contributed by atoms with Crippen molar-refractivity contribution in [1.82, 2.24) is 4.98 Å². The zero-order valence-electron chi connectivity index (χ0n) is 14.1. The van der Waals surface area contributed by atoms with Crippen LogP contribution in [0.5, 0.6) is 11.5 Å². The third-order valence-corrected chi connectivity index (χ3v) is 4.18. The summed E-state index contributed by atoms with van der Waals surface area (Å²) in [4.78, 5) is 16.6. The molecule has 1 aliphatic rings. The number of hydrogen-bond donors (Lipinski definition) is 1. The summed E-state index contributed by atoms with van der Waals surface area (Å²) >= 11 is 0. The highest BCUT2D eigenvalue weighted by molar-refractivity contribution is 5.93. The second kappa shape index (κ2) is 7.34. The smallest absolute Gasteiger partial charge is 0.262 e. The van der Waals surface area contributed by atoms with Crippen LogP contribution in [-0.4, -0.2) is 24.6 Å². The van der Waals surface area contributed by atoms with E-state index in [1.54, 1.807) is 13.3 Å². The molecule has 0 atom stereocenters. The number of benzene rings is 1. The minimum absolute atomic E-state index is 0.0342. The number of ether oxygens (including phenoxy) is 2. The normalized spacial score (nSPS) is 13.1. The number of aryl methyl sites for hydroxylation is 2. The molecule has 5 heteroatoms. The van der Waals surface area contributed by atoms with E-state index in [1.165, 1.54) is 0 Å². The molecule has 0 bridgehead atoms. The van der Waals surface area contributed by atoms with Crippen LogP contribution in [0.1, 0.15) is 29.7 Å². The van der Waals surface area contributed by atoms with E-state index in [9.17, 15) is 4.79 Å². The molecular formula is C19H22N2O3. The van der Waals surface area contributed by atoms with Gasteiger partial charge in [-0.3, -0.25) is 9.78 Å². The van der Waals surface area contributed by atoms with Gasteiger partial charge in [-0.2, -0.15) is 0 Å². The number of nitrogens with one attached hydrogen (secondary N) is 1. The lowest BCUT2D eigenvalue weighted by Gasteiger charge is -2.18. The topological polar surface area (TPSA) is 60.5 Å². The number of aromatic nitrogens is 1. The van der Waals surface area contributed by atoms with Crippen LogP contribution in [0.15, 0.2) is 30.5 Å². The fraction of sp³-hybridized carbons (Fsp3) is 0.368. The zero-order valence-corrected chi connectivity index (χ0v) is 14.1. The lowest BCUT2D eigenvalue weighted by atomic mass is 9.95. The maximum atomic E-state index is 12.2. The van der Waals surface area contributed by atoms with E-state index in [0.717, 1.165) is 48.3 Å². The van der Waals surface area contributed by atoms with E-state index < -0.39 is 0 Å². The van der Waals surface area contributed by atoms with Gasteiger partial charge in [0.15, 0.2) is 6.61 Å². The molecule has 0 aliphatic heterocycles. The summed E-state index contributed by atoms with van der Waals surface area (Å²) in [6.45, 7) is 1.93. The predicted octanol–water partition coefficient (Wildman–Crippen LogP) is 3.29. The molecule has 2 aromatic rings. The summed E-state index contributed by atoms with van der Waals surface area (Å²) in [5, 5.41) is 2.85. The Morgan fingerprint density at radius 1 is 1.21 bits per heavy atom. The Morgan fingerprint density at radius 2 is 2.04 bits per heavy atom. The number of pyridine rings is 1. The molecule has 0 saturated heterocycles. The summed E-state index contributed by atoms with van der Waals surface area (Å²) < 4.78 is 11.0. The van der Waals surface area contributed by atoms with Gasteiger partial charge in [0.05, 0.1) is 12.8 Å². The summed E-state index contributed by atoms with van der Waals surface area (Å²) in [5.74, 6) is 1.20. The monoisotopic (exact) mass is 326 g/mol. The van der Waals surface area contributed by atoms with E-state index in [4.69, 9.17) is 9.47 Å². The highest BCUT2D eigenvalue weighted by Gasteiger charge is 2.16. The lowest BCUT2D eigenvalue weighted by molar-refractivity contribution is -0.118. The van der Waals surface area contributed by atoms with Crippen molar-refractivity contribution in [3.63, 3.8) is 0 Å². The molecule has 0 fully saturated rings. The fourth-order valence-electron chi connectivity index (χ4n) is 2.98. The van der Waals surface area contributed by atoms with Gasteiger partial charge in [0.25, 0.3) is 5.91 Å². The molecular weight excluding hydrogens is 304 g/mol. The molecule has 5 nitrogen and oxygen atoms in total.